The third-order valence-electron chi connectivity index (χ3n) is 2.76. The zero-order valence-corrected chi connectivity index (χ0v) is 11.4. The summed E-state index contributed by atoms with van der Waals surface area (Å²) in [5, 5.41) is 11.6. The van der Waals surface area contributed by atoms with Crippen LogP contribution in [0.4, 0.5) is 0 Å². The van der Waals surface area contributed by atoms with Gasteiger partial charge in [-0.2, -0.15) is 0 Å². The highest BCUT2D eigenvalue weighted by Crippen LogP contribution is 2.14. The Kier molecular flexibility index (Phi) is 3.48. The van der Waals surface area contributed by atoms with Crippen molar-refractivity contribution in [1.82, 2.24) is 20.3 Å². The standard InChI is InChI=1S/C14H20N4/c1-11-7-5-6-8-13(11)18-12(10-16-17-18)9-15-14(2,3)4/h5-8,10,15H,9H2,1-4H3. The van der Waals surface area contributed by atoms with Gasteiger partial charge in [0.15, 0.2) is 0 Å². The second-order valence-electron chi connectivity index (χ2n) is 5.53. The first kappa shape index (κ1) is 12.8. The van der Waals surface area contributed by atoms with E-state index in [1.807, 2.05) is 23.0 Å². The van der Waals surface area contributed by atoms with E-state index in [2.05, 4.69) is 55.5 Å². The first-order chi connectivity index (χ1) is 8.47. The average Bonchev–Trinajstić information content (AvgIpc) is 2.74. The zero-order valence-electron chi connectivity index (χ0n) is 11.4. The number of hydrogen-bond donors (Lipinski definition) is 1. The SMILES string of the molecule is Cc1ccccc1-n1nncc1CNC(C)(C)C. The molecule has 0 bridgehead atoms. The van der Waals surface area contributed by atoms with Crippen LogP contribution in [0.1, 0.15) is 32.0 Å². The largest absolute Gasteiger partial charge is 0.306 e. The van der Waals surface area contributed by atoms with Crippen molar-refractivity contribution in [3.8, 4) is 5.69 Å². The molecule has 2 aromatic rings. The van der Waals surface area contributed by atoms with E-state index in [0.29, 0.717) is 0 Å². The summed E-state index contributed by atoms with van der Waals surface area (Å²) in [6, 6.07) is 8.19. The predicted octanol–water partition coefficient (Wildman–Crippen LogP) is 2.46. The maximum atomic E-state index is 4.17. The van der Waals surface area contributed by atoms with Crippen molar-refractivity contribution in [1.29, 1.82) is 0 Å². The number of nitrogens with zero attached hydrogens (tertiary/aromatic N) is 3. The number of rotatable bonds is 3. The van der Waals surface area contributed by atoms with Crippen LogP contribution in [0.25, 0.3) is 5.69 Å². The van der Waals surface area contributed by atoms with Crippen LogP contribution < -0.4 is 5.32 Å². The summed E-state index contributed by atoms with van der Waals surface area (Å²) >= 11 is 0. The highest BCUT2D eigenvalue weighted by Gasteiger charge is 2.12. The second kappa shape index (κ2) is 4.90. The van der Waals surface area contributed by atoms with E-state index in [1.54, 1.807) is 0 Å². The molecule has 4 heteroatoms. The molecule has 0 saturated heterocycles. The molecule has 0 aliphatic heterocycles. The highest BCUT2D eigenvalue weighted by molar-refractivity contribution is 5.40. The molecule has 2 rings (SSSR count). The molecule has 1 heterocycles. The first-order valence-electron chi connectivity index (χ1n) is 6.18. The number of aryl methyl sites for hydroxylation is 1. The summed E-state index contributed by atoms with van der Waals surface area (Å²) < 4.78 is 1.90. The van der Waals surface area contributed by atoms with Gasteiger partial charge in [0.25, 0.3) is 0 Å². The zero-order chi connectivity index (χ0) is 13.2. The van der Waals surface area contributed by atoms with Crippen LogP contribution in [-0.2, 0) is 6.54 Å². The Morgan fingerprint density at radius 2 is 1.94 bits per heavy atom. The van der Waals surface area contributed by atoms with E-state index in [4.69, 9.17) is 0 Å². The van der Waals surface area contributed by atoms with E-state index in [0.717, 1.165) is 17.9 Å². The molecule has 0 atom stereocenters. The molecule has 0 fully saturated rings. The quantitative estimate of drug-likeness (QED) is 0.902. The summed E-state index contributed by atoms with van der Waals surface area (Å²) in [5.41, 5.74) is 3.43. The van der Waals surface area contributed by atoms with Crippen molar-refractivity contribution in [3.05, 3.63) is 41.7 Å². The maximum Gasteiger partial charge on any atom is 0.0783 e. The molecule has 18 heavy (non-hydrogen) atoms. The summed E-state index contributed by atoms with van der Waals surface area (Å²) in [6.07, 6.45) is 1.81. The fourth-order valence-electron chi connectivity index (χ4n) is 1.74. The van der Waals surface area contributed by atoms with Gasteiger partial charge in [0, 0.05) is 12.1 Å². The monoisotopic (exact) mass is 244 g/mol. The molecule has 0 radical (unpaired) electrons. The molecule has 0 unspecified atom stereocenters. The summed E-state index contributed by atoms with van der Waals surface area (Å²) in [5.74, 6) is 0. The van der Waals surface area contributed by atoms with Crippen LogP contribution in [0.3, 0.4) is 0 Å². The molecule has 4 nitrogen and oxygen atoms in total. The number of para-hydroxylation sites is 1. The molecular weight excluding hydrogens is 224 g/mol. The Hall–Kier alpha value is -1.68. The number of aromatic nitrogens is 3. The Labute approximate surface area is 108 Å². The van der Waals surface area contributed by atoms with E-state index in [9.17, 15) is 0 Å². The molecule has 96 valence electrons. The normalized spacial score (nSPS) is 11.8. The Bertz CT molecular complexity index is 523. The van der Waals surface area contributed by atoms with Gasteiger partial charge in [-0.3, -0.25) is 0 Å². The fourth-order valence-corrected chi connectivity index (χ4v) is 1.74. The van der Waals surface area contributed by atoms with Crippen molar-refractivity contribution < 1.29 is 0 Å². The Morgan fingerprint density at radius 1 is 1.22 bits per heavy atom. The van der Waals surface area contributed by atoms with Crippen molar-refractivity contribution in [2.24, 2.45) is 0 Å². The first-order valence-corrected chi connectivity index (χ1v) is 6.18. The van der Waals surface area contributed by atoms with Crippen molar-refractivity contribution >= 4 is 0 Å². The molecule has 0 amide bonds. The van der Waals surface area contributed by atoms with Gasteiger partial charge in [-0.25, -0.2) is 4.68 Å². The van der Waals surface area contributed by atoms with Gasteiger partial charge >= 0.3 is 0 Å². The summed E-state index contributed by atoms with van der Waals surface area (Å²) in [6.45, 7) is 9.28. The van der Waals surface area contributed by atoms with E-state index in [-0.39, 0.29) is 5.54 Å². The van der Waals surface area contributed by atoms with Crippen molar-refractivity contribution in [2.45, 2.75) is 39.8 Å². The van der Waals surface area contributed by atoms with E-state index < -0.39 is 0 Å². The topological polar surface area (TPSA) is 42.7 Å². The van der Waals surface area contributed by atoms with Gasteiger partial charge in [-0.1, -0.05) is 23.4 Å². The van der Waals surface area contributed by atoms with Gasteiger partial charge in [0.2, 0.25) is 0 Å². The maximum absolute atomic E-state index is 4.17. The van der Waals surface area contributed by atoms with Gasteiger partial charge < -0.3 is 5.32 Å². The number of nitrogens with one attached hydrogen (secondary N) is 1. The summed E-state index contributed by atoms with van der Waals surface area (Å²) in [4.78, 5) is 0. The molecule has 1 aromatic carbocycles. The minimum Gasteiger partial charge on any atom is -0.306 e. The molecule has 0 saturated carbocycles. The van der Waals surface area contributed by atoms with Gasteiger partial charge in [-0.15, -0.1) is 5.10 Å². The lowest BCUT2D eigenvalue weighted by atomic mass is 10.1. The molecule has 0 aliphatic rings. The van der Waals surface area contributed by atoms with Crippen LogP contribution in [-0.4, -0.2) is 20.5 Å². The van der Waals surface area contributed by atoms with Crippen LogP contribution in [0.2, 0.25) is 0 Å². The smallest absolute Gasteiger partial charge is 0.0783 e. The number of benzene rings is 1. The Morgan fingerprint density at radius 3 is 2.61 bits per heavy atom. The molecular formula is C14H20N4. The Balaban J connectivity index is 2.26. The summed E-state index contributed by atoms with van der Waals surface area (Å²) in [7, 11) is 0. The molecule has 0 aliphatic carbocycles. The van der Waals surface area contributed by atoms with Crippen molar-refractivity contribution in [2.75, 3.05) is 0 Å². The second-order valence-corrected chi connectivity index (χ2v) is 5.53. The van der Waals surface area contributed by atoms with Gasteiger partial charge in [-0.05, 0) is 39.3 Å². The molecule has 0 spiro atoms. The van der Waals surface area contributed by atoms with Gasteiger partial charge in [0.1, 0.15) is 0 Å². The molecule has 1 aromatic heterocycles. The van der Waals surface area contributed by atoms with E-state index >= 15 is 0 Å². The molecule has 1 N–H and O–H groups in total. The average molecular weight is 244 g/mol. The third kappa shape index (κ3) is 2.96. The van der Waals surface area contributed by atoms with Gasteiger partial charge in [0.05, 0.1) is 17.6 Å². The lowest BCUT2D eigenvalue weighted by molar-refractivity contribution is 0.418. The number of hydrogen-bond acceptors (Lipinski definition) is 3. The van der Waals surface area contributed by atoms with Crippen LogP contribution in [0.15, 0.2) is 30.5 Å². The third-order valence-corrected chi connectivity index (χ3v) is 2.76. The van der Waals surface area contributed by atoms with Crippen LogP contribution in [0.5, 0.6) is 0 Å². The van der Waals surface area contributed by atoms with Crippen molar-refractivity contribution in [3.63, 3.8) is 0 Å². The lowest BCUT2D eigenvalue weighted by Gasteiger charge is -2.20. The lowest BCUT2D eigenvalue weighted by Crippen LogP contribution is -2.35. The van der Waals surface area contributed by atoms with E-state index in [1.165, 1.54) is 5.56 Å². The van der Waals surface area contributed by atoms with Crippen LogP contribution >= 0.6 is 0 Å². The fraction of sp³-hybridized carbons (Fsp3) is 0.429. The minimum absolute atomic E-state index is 0.0842. The predicted molar refractivity (Wildman–Crippen MR) is 72.7 cm³/mol. The minimum atomic E-state index is 0.0842. The highest BCUT2D eigenvalue weighted by atomic mass is 15.4. The van der Waals surface area contributed by atoms with Crippen LogP contribution in [0, 0.1) is 6.92 Å².